The fourth-order valence-corrected chi connectivity index (χ4v) is 7.75. The Morgan fingerprint density at radius 3 is 2.65 bits per heavy atom. The molecule has 2 aromatic heterocycles. The fraction of sp³-hybridized carbons (Fsp3) is 0.483. The van der Waals surface area contributed by atoms with Gasteiger partial charge in [-0.05, 0) is 60.7 Å². The summed E-state index contributed by atoms with van der Waals surface area (Å²) < 4.78 is 21.7. The minimum absolute atomic E-state index is 0.107. The molecule has 2 bridgehead atoms. The van der Waals surface area contributed by atoms with E-state index in [0.29, 0.717) is 29.2 Å². The quantitative estimate of drug-likeness (QED) is 0.371. The third-order valence-electron chi connectivity index (χ3n) is 8.97. The number of piperidine rings is 1. The van der Waals surface area contributed by atoms with Crippen LogP contribution in [-0.2, 0) is 9.53 Å². The Morgan fingerprint density at radius 2 is 1.88 bits per heavy atom. The highest BCUT2D eigenvalue weighted by atomic mass is 32.1. The van der Waals surface area contributed by atoms with Crippen LogP contribution in [0.25, 0.3) is 10.2 Å². The molecule has 2 aliphatic carbocycles. The van der Waals surface area contributed by atoms with Crippen molar-refractivity contribution in [2.24, 2.45) is 23.5 Å². The van der Waals surface area contributed by atoms with Crippen LogP contribution in [0.3, 0.4) is 0 Å². The van der Waals surface area contributed by atoms with Gasteiger partial charge in [-0.25, -0.2) is 9.37 Å². The molecule has 1 amide bonds. The molecule has 4 atom stereocenters. The van der Waals surface area contributed by atoms with Gasteiger partial charge in [0.15, 0.2) is 0 Å². The van der Waals surface area contributed by atoms with E-state index < -0.39 is 0 Å². The molecule has 2 saturated heterocycles. The molecular weight excluding hydrogens is 529 g/mol. The monoisotopic (exact) mass is 563 g/mol. The number of fused-ring (bicyclic) bond motifs is 3. The standard InChI is InChI=1S/C29H34FN7O2S/c30-21-16-19(3-4-23(21)37-8-5-20(6-9-37)36-10-12-39-13-11-36)32-29-33-22-7-14-40-26(22)28(35-29)34-25-18-2-1-17(15-18)24(25)27(31)38/h1-4,7,14,16-18,20,24-25H,5-6,8-13,15H2,(H2,31,38)(H2,32,33,34,35). The zero-order valence-corrected chi connectivity index (χ0v) is 23.1. The third-order valence-corrected chi connectivity index (χ3v) is 9.88. The van der Waals surface area contributed by atoms with Crippen molar-refractivity contribution in [3.05, 3.63) is 47.6 Å². The number of hydrogen-bond donors (Lipinski definition) is 3. The summed E-state index contributed by atoms with van der Waals surface area (Å²) in [6, 6.07) is 7.61. The molecule has 4 N–H and O–H groups in total. The van der Waals surface area contributed by atoms with E-state index in [1.54, 1.807) is 11.3 Å². The molecule has 3 fully saturated rings. The Labute approximate surface area is 236 Å². The summed E-state index contributed by atoms with van der Waals surface area (Å²) in [5.41, 5.74) is 7.78. The van der Waals surface area contributed by atoms with E-state index in [2.05, 4.69) is 37.6 Å². The van der Waals surface area contributed by atoms with Gasteiger partial charge in [-0.2, -0.15) is 4.98 Å². The summed E-state index contributed by atoms with van der Waals surface area (Å²) in [7, 11) is 0. The van der Waals surface area contributed by atoms with Crippen molar-refractivity contribution in [3.63, 3.8) is 0 Å². The van der Waals surface area contributed by atoms with Crippen LogP contribution < -0.4 is 21.3 Å². The maximum absolute atomic E-state index is 15.3. The average molecular weight is 564 g/mol. The van der Waals surface area contributed by atoms with Gasteiger partial charge in [0.2, 0.25) is 11.9 Å². The lowest BCUT2D eigenvalue weighted by molar-refractivity contribution is -0.122. The fourth-order valence-electron chi connectivity index (χ4n) is 6.97. The molecule has 0 spiro atoms. The van der Waals surface area contributed by atoms with Crippen LogP contribution >= 0.6 is 11.3 Å². The highest BCUT2D eigenvalue weighted by Crippen LogP contribution is 2.45. The second kappa shape index (κ2) is 10.6. The van der Waals surface area contributed by atoms with E-state index in [0.717, 1.165) is 68.9 Å². The summed E-state index contributed by atoms with van der Waals surface area (Å²) in [5, 5.41) is 8.70. The minimum atomic E-state index is -0.287. The first-order valence-corrected chi connectivity index (χ1v) is 15.0. The van der Waals surface area contributed by atoms with E-state index in [9.17, 15) is 4.79 Å². The molecule has 1 saturated carbocycles. The molecule has 3 aromatic rings. The number of thiophene rings is 1. The first kappa shape index (κ1) is 25.7. The Balaban J connectivity index is 1.06. The maximum atomic E-state index is 15.3. The van der Waals surface area contributed by atoms with Gasteiger partial charge in [-0.15, -0.1) is 11.3 Å². The van der Waals surface area contributed by atoms with Gasteiger partial charge in [0.05, 0.1) is 35.0 Å². The Morgan fingerprint density at radius 1 is 1.07 bits per heavy atom. The van der Waals surface area contributed by atoms with Crippen LogP contribution in [-0.4, -0.2) is 72.3 Å². The first-order chi connectivity index (χ1) is 19.5. The smallest absolute Gasteiger partial charge is 0.229 e. The van der Waals surface area contributed by atoms with Crippen LogP contribution in [0.1, 0.15) is 19.3 Å². The number of hydrogen-bond acceptors (Lipinski definition) is 9. The van der Waals surface area contributed by atoms with Gasteiger partial charge < -0.3 is 26.0 Å². The molecule has 11 heteroatoms. The summed E-state index contributed by atoms with van der Waals surface area (Å²) in [4.78, 5) is 26.3. The predicted molar refractivity (Wildman–Crippen MR) is 156 cm³/mol. The van der Waals surface area contributed by atoms with Crippen molar-refractivity contribution >= 4 is 50.6 Å². The summed E-state index contributed by atoms with van der Waals surface area (Å²) in [6.45, 7) is 5.25. The lowest BCUT2D eigenvalue weighted by atomic mass is 9.88. The minimum Gasteiger partial charge on any atom is -0.379 e. The van der Waals surface area contributed by atoms with Crippen LogP contribution in [0.2, 0.25) is 0 Å². The van der Waals surface area contributed by atoms with Crippen molar-refractivity contribution in [2.45, 2.75) is 31.3 Å². The van der Waals surface area contributed by atoms with Crippen molar-refractivity contribution in [1.82, 2.24) is 14.9 Å². The molecule has 4 unspecified atom stereocenters. The maximum Gasteiger partial charge on any atom is 0.229 e. The number of nitrogens with zero attached hydrogens (tertiary/aromatic N) is 4. The van der Waals surface area contributed by atoms with E-state index in [1.165, 1.54) is 6.07 Å². The molecule has 1 aromatic carbocycles. The third kappa shape index (κ3) is 4.80. The number of nitrogens with one attached hydrogen (secondary N) is 2. The number of allylic oxidation sites excluding steroid dienone is 1. The van der Waals surface area contributed by atoms with Gasteiger partial charge in [-0.1, -0.05) is 12.2 Å². The lowest BCUT2D eigenvalue weighted by Gasteiger charge is -2.40. The number of anilines is 4. The largest absolute Gasteiger partial charge is 0.379 e. The van der Waals surface area contributed by atoms with E-state index in [1.807, 2.05) is 23.6 Å². The number of halogens is 1. The predicted octanol–water partition coefficient (Wildman–Crippen LogP) is 3.96. The zero-order valence-electron chi connectivity index (χ0n) is 22.3. The lowest BCUT2D eigenvalue weighted by Crippen LogP contribution is -2.49. The Hall–Kier alpha value is -3.28. The van der Waals surface area contributed by atoms with Gasteiger partial charge in [0, 0.05) is 44.0 Å². The van der Waals surface area contributed by atoms with Gasteiger partial charge >= 0.3 is 0 Å². The van der Waals surface area contributed by atoms with E-state index >= 15 is 4.39 Å². The number of nitrogens with two attached hydrogens (primary N) is 1. The molecule has 9 nitrogen and oxygen atoms in total. The molecule has 2 aliphatic heterocycles. The van der Waals surface area contributed by atoms with Crippen molar-refractivity contribution in [1.29, 1.82) is 0 Å². The number of morpholine rings is 1. The number of carbonyl (C=O) groups excluding carboxylic acids is 1. The molecule has 0 radical (unpaired) electrons. The van der Waals surface area contributed by atoms with Gasteiger partial charge in [-0.3, -0.25) is 9.69 Å². The number of primary amides is 1. The number of amides is 1. The van der Waals surface area contributed by atoms with Gasteiger partial charge in [0.25, 0.3) is 0 Å². The topological polar surface area (TPSA) is 109 Å². The first-order valence-electron chi connectivity index (χ1n) is 14.2. The summed E-state index contributed by atoms with van der Waals surface area (Å²) in [6.07, 6.45) is 7.25. The second-order valence-corrected chi connectivity index (χ2v) is 12.2. The normalized spacial score (nSPS) is 27.0. The Bertz CT molecular complexity index is 1430. The van der Waals surface area contributed by atoms with Crippen LogP contribution in [0.4, 0.5) is 27.5 Å². The van der Waals surface area contributed by atoms with E-state index in [-0.39, 0.29) is 35.5 Å². The van der Waals surface area contributed by atoms with Crippen LogP contribution in [0.15, 0.2) is 41.8 Å². The molecule has 4 aliphatic rings. The molecule has 40 heavy (non-hydrogen) atoms. The van der Waals surface area contributed by atoms with Crippen LogP contribution in [0.5, 0.6) is 0 Å². The number of ether oxygens (including phenoxy) is 1. The van der Waals surface area contributed by atoms with Crippen molar-refractivity contribution in [3.8, 4) is 0 Å². The Kier molecular flexibility index (Phi) is 6.81. The summed E-state index contributed by atoms with van der Waals surface area (Å²) in [5.74, 6) is 0.639. The number of aromatic nitrogens is 2. The zero-order chi connectivity index (χ0) is 27.2. The van der Waals surface area contributed by atoms with Crippen LogP contribution in [0, 0.1) is 23.6 Å². The SMILES string of the molecule is NC(=O)C1C2C=CC(C2)C1Nc1nc(Nc2ccc(N3CCC(N4CCOCC4)CC3)c(F)c2)nc2ccsc12. The number of carbonyl (C=O) groups is 1. The summed E-state index contributed by atoms with van der Waals surface area (Å²) >= 11 is 1.55. The number of rotatable bonds is 7. The van der Waals surface area contributed by atoms with Crippen molar-refractivity contribution in [2.75, 3.05) is 54.9 Å². The van der Waals surface area contributed by atoms with Gasteiger partial charge in [0.1, 0.15) is 11.6 Å². The molecule has 210 valence electrons. The molecule has 7 rings (SSSR count). The number of benzene rings is 1. The molecule has 4 heterocycles. The molecular formula is C29H34FN7O2S. The van der Waals surface area contributed by atoms with E-state index in [4.69, 9.17) is 15.5 Å². The second-order valence-electron chi connectivity index (χ2n) is 11.2. The average Bonchev–Trinajstić information content (AvgIpc) is 3.71. The highest BCUT2D eigenvalue weighted by Gasteiger charge is 2.47. The highest BCUT2D eigenvalue weighted by molar-refractivity contribution is 7.17. The van der Waals surface area contributed by atoms with Crippen molar-refractivity contribution < 1.29 is 13.9 Å².